The number of aromatic nitrogens is 3. The lowest BCUT2D eigenvalue weighted by atomic mass is 10.2. The Bertz CT molecular complexity index is 1110. The van der Waals surface area contributed by atoms with Crippen molar-refractivity contribution >= 4 is 29.3 Å². The van der Waals surface area contributed by atoms with Gasteiger partial charge in [0.1, 0.15) is 5.82 Å². The highest BCUT2D eigenvalue weighted by atomic mass is 32.2. The van der Waals surface area contributed by atoms with Crippen LogP contribution in [-0.4, -0.2) is 38.4 Å². The molecule has 0 bridgehead atoms. The molecule has 31 heavy (non-hydrogen) atoms. The van der Waals surface area contributed by atoms with Gasteiger partial charge in [-0.25, -0.2) is 9.67 Å². The van der Waals surface area contributed by atoms with Crippen LogP contribution in [-0.2, 0) is 4.79 Å². The van der Waals surface area contributed by atoms with Crippen LogP contribution < -0.4 is 10.6 Å². The molecule has 2 aromatic carbocycles. The van der Waals surface area contributed by atoms with Crippen LogP contribution in [0.4, 0.5) is 5.69 Å². The maximum absolute atomic E-state index is 12.5. The molecule has 2 fully saturated rings. The third-order valence-electron chi connectivity index (χ3n) is 5.21. The summed E-state index contributed by atoms with van der Waals surface area (Å²) in [6.45, 7) is 0. The number of nitrogens with zero attached hydrogens (tertiary/aromatic N) is 3. The first-order chi connectivity index (χ1) is 15.2. The van der Waals surface area contributed by atoms with Gasteiger partial charge in [-0.3, -0.25) is 9.59 Å². The fraction of sp³-hybridized carbons (Fsp3) is 0.304. The third kappa shape index (κ3) is 4.96. The van der Waals surface area contributed by atoms with Crippen molar-refractivity contribution in [1.82, 2.24) is 20.1 Å². The molecule has 0 radical (unpaired) electrons. The van der Waals surface area contributed by atoms with Gasteiger partial charge in [0, 0.05) is 23.2 Å². The molecule has 7 nitrogen and oxygen atoms in total. The Morgan fingerprint density at radius 3 is 2.58 bits per heavy atom. The van der Waals surface area contributed by atoms with Gasteiger partial charge in [-0.1, -0.05) is 36.0 Å². The monoisotopic (exact) mass is 433 g/mol. The summed E-state index contributed by atoms with van der Waals surface area (Å²) in [4.78, 5) is 29.4. The topological polar surface area (TPSA) is 88.9 Å². The summed E-state index contributed by atoms with van der Waals surface area (Å²) in [7, 11) is 0. The molecule has 2 aliphatic rings. The first-order valence-corrected chi connectivity index (χ1v) is 11.5. The van der Waals surface area contributed by atoms with Crippen LogP contribution in [0.3, 0.4) is 0 Å². The van der Waals surface area contributed by atoms with E-state index in [1.807, 2.05) is 35.0 Å². The predicted octanol–water partition coefficient (Wildman–Crippen LogP) is 3.77. The van der Waals surface area contributed by atoms with E-state index in [1.165, 1.54) is 11.8 Å². The number of nitrogens with one attached hydrogen (secondary N) is 2. The minimum absolute atomic E-state index is 0.101. The van der Waals surface area contributed by atoms with Gasteiger partial charge >= 0.3 is 0 Å². The number of benzene rings is 2. The van der Waals surface area contributed by atoms with E-state index in [1.54, 1.807) is 24.3 Å². The van der Waals surface area contributed by atoms with Gasteiger partial charge in [-0.15, -0.1) is 5.10 Å². The van der Waals surface area contributed by atoms with Crippen molar-refractivity contribution in [3.63, 3.8) is 0 Å². The van der Waals surface area contributed by atoms with E-state index in [-0.39, 0.29) is 17.6 Å². The largest absolute Gasteiger partial charge is 0.349 e. The highest BCUT2D eigenvalue weighted by Crippen LogP contribution is 2.40. The Morgan fingerprint density at radius 1 is 1.03 bits per heavy atom. The van der Waals surface area contributed by atoms with Crippen LogP contribution in [0.25, 0.3) is 5.69 Å². The predicted molar refractivity (Wildman–Crippen MR) is 120 cm³/mol. The van der Waals surface area contributed by atoms with E-state index in [9.17, 15) is 9.59 Å². The molecule has 1 heterocycles. The molecular formula is C23H23N5O2S. The van der Waals surface area contributed by atoms with E-state index < -0.39 is 0 Å². The number of carbonyl (C=O) groups is 2. The number of para-hydroxylation sites is 1. The van der Waals surface area contributed by atoms with Gasteiger partial charge in [-0.2, -0.15) is 0 Å². The standard InChI is InChI=1S/C23H23N5O2S/c29-20(24-18-6-4-5-16(13-18)22(30)25-17-11-12-17)14-31-23-26-21(15-9-10-15)28(27-23)19-7-2-1-3-8-19/h1-8,13,15,17H,9-12,14H2,(H,24,29)(H,25,30). The molecule has 0 unspecified atom stereocenters. The quantitative estimate of drug-likeness (QED) is 0.528. The highest BCUT2D eigenvalue weighted by molar-refractivity contribution is 7.99. The first-order valence-electron chi connectivity index (χ1n) is 10.5. The van der Waals surface area contributed by atoms with Crippen molar-refractivity contribution < 1.29 is 9.59 Å². The van der Waals surface area contributed by atoms with E-state index in [4.69, 9.17) is 0 Å². The number of hydrogen-bond acceptors (Lipinski definition) is 5. The average Bonchev–Trinajstić information content (AvgIpc) is 3.73. The summed E-state index contributed by atoms with van der Waals surface area (Å²) < 4.78 is 1.89. The van der Waals surface area contributed by atoms with Crippen molar-refractivity contribution in [2.75, 3.05) is 11.1 Å². The van der Waals surface area contributed by atoms with E-state index in [2.05, 4.69) is 20.7 Å². The van der Waals surface area contributed by atoms with Crippen LogP contribution in [0.2, 0.25) is 0 Å². The van der Waals surface area contributed by atoms with Gasteiger partial charge in [-0.05, 0) is 56.0 Å². The summed E-state index contributed by atoms with van der Waals surface area (Å²) in [6, 6.07) is 17.3. The first kappa shape index (κ1) is 19.8. The Morgan fingerprint density at radius 2 is 1.84 bits per heavy atom. The summed E-state index contributed by atoms with van der Waals surface area (Å²) in [5.41, 5.74) is 2.14. The molecule has 3 aromatic rings. The number of carbonyl (C=O) groups excluding carboxylic acids is 2. The molecule has 0 spiro atoms. The van der Waals surface area contributed by atoms with Crippen molar-refractivity contribution in [1.29, 1.82) is 0 Å². The summed E-state index contributed by atoms with van der Waals surface area (Å²) in [5, 5.41) is 11.0. The lowest BCUT2D eigenvalue weighted by Gasteiger charge is -2.07. The van der Waals surface area contributed by atoms with E-state index in [0.717, 1.165) is 37.2 Å². The minimum Gasteiger partial charge on any atom is -0.349 e. The molecule has 5 rings (SSSR count). The fourth-order valence-corrected chi connectivity index (χ4v) is 3.92. The van der Waals surface area contributed by atoms with Crippen LogP contribution >= 0.6 is 11.8 Å². The molecular weight excluding hydrogens is 410 g/mol. The summed E-state index contributed by atoms with van der Waals surface area (Å²) in [5.74, 6) is 1.34. The zero-order valence-corrected chi connectivity index (χ0v) is 17.8. The summed E-state index contributed by atoms with van der Waals surface area (Å²) in [6.07, 6.45) is 4.33. The maximum atomic E-state index is 12.5. The number of amides is 2. The average molecular weight is 434 g/mol. The zero-order chi connectivity index (χ0) is 21.2. The van der Waals surface area contributed by atoms with Gasteiger partial charge in [0.15, 0.2) is 0 Å². The minimum atomic E-state index is -0.159. The molecule has 8 heteroatoms. The second kappa shape index (κ2) is 8.55. The molecule has 0 aliphatic heterocycles. The van der Waals surface area contributed by atoms with Crippen LogP contribution in [0.5, 0.6) is 0 Å². The molecule has 2 saturated carbocycles. The van der Waals surface area contributed by atoms with E-state index >= 15 is 0 Å². The van der Waals surface area contributed by atoms with Crippen LogP contribution in [0.1, 0.15) is 47.8 Å². The van der Waals surface area contributed by atoms with Crippen molar-refractivity contribution in [2.24, 2.45) is 0 Å². The van der Waals surface area contributed by atoms with Crippen LogP contribution in [0, 0.1) is 0 Å². The van der Waals surface area contributed by atoms with Gasteiger partial charge in [0.2, 0.25) is 11.1 Å². The van der Waals surface area contributed by atoms with Crippen molar-refractivity contribution in [3.8, 4) is 5.69 Å². The van der Waals surface area contributed by atoms with Crippen LogP contribution in [0.15, 0.2) is 59.8 Å². The number of rotatable bonds is 8. The summed E-state index contributed by atoms with van der Waals surface area (Å²) >= 11 is 1.32. The lowest BCUT2D eigenvalue weighted by Crippen LogP contribution is -2.25. The van der Waals surface area contributed by atoms with Gasteiger partial charge < -0.3 is 10.6 Å². The number of thioether (sulfide) groups is 1. The molecule has 2 aliphatic carbocycles. The second-order valence-corrected chi connectivity index (χ2v) is 8.88. The normalized spacial score (nSPS) is 15.5. The fourth-order valence-electron chi connectivity index (χ4n) is 3.29. The Kier molecular flexibility index (Phi) is 5.46. The Labute approximate surface area is 184 Å². The third-order valence-corrected chi connectivity index (χ3v) is 6.05. The second-order valence-electron chi connectivity index (χ2n) is 7.94. The maximum Gasteiger partial charge on any atom is 0.251 e. The molecule has 2 N–H and O–H groups in total. The molecule has 0 saturated heterocycles. The SMILES string of the molecule is O=C(CSc1nc(C2CC2)n(-c2ccccc2)n1)Nc1cccc(C(=O)NC2CC2)c1. The Balaban J connectivity index is 1.21. The van der Waals surface area contributed by atoms with Gasteiger partial charge in [0.05, 0.1) is 11.4 Å². The zero-order valence-electron chi connectivity index (χ0n) is 17.0. The smallest absolute Gasteiger partial charge is 0.251 e. The number of anilines is 1. The number of hydrogen-bond donors (Lipinski definition) is 2. The molecule has 0 atom stereocenters. The van der Waals surface area contributed by atoms with E-state index in [0.29, 0.717) is 28.4 Å². The van der Waals surface area contributed by atoms with Gasteiger partial charge in [0.25, 0.3) is 5.91 Å². The lowest BCUT2D eigenvalue weighted by molar-refractivity contribution is -0.113. The molecule has 158 valence electrons. The van der Waals surface area contributed by atoms with Crippen molar-refractivity contribution in [2.45, 2.75) is 42.8 Å². The molecule has 1 aromatic heterocycles. The molecule has 2 amide bonds. The Hall–Kier alpha value is -3.13. The van der Waals surface area contributed by atoms with Crippen molar-refractivity contribution in [3.05, 3.63) is 66.0 Å². The highest BCUT2D eigenvalue weighted by Gasteiger charge is 2.30.